The molecule has 5 aromatic rings. The maximum atomic E-state index is 14.3. The fourth-order valence-corrected chi connectivity index (χ4v) is 5.51. The van der Waals surface area contributed by atoms with Crippen LogP contribution in [0.25, 0.3) is 27.1 Å². The Balaban J connectivity index is 1.25. The van der Waals surface area contributed by atoms with Crippen LogP contribution in [0.15, 0.2) is 72.8 Å². The number of imidazole rings is 1. The molecule has 0 saturated carbocycles. The molecule has 0 radical (unpaired) electrons. The van der Waals surface area contributed by atoms with Crippen molar-refractivity contribution in [1.29, 1.82) is 0 Å². The maximum Gasteiger partial charge on any atom is 0.214 e. The molecule has 1 aliphatic carbocycles. The number of rotatable bonds is 8. The first-order chi connectivity index (χ1) is 19.5. The van der Waals surface area contributed by atoms with Gasteiger partial charge in [-0.2, -0.15) is 0 Å². The van der Waals surface area contributed by atoms with Gasteiger partial charge in [-0.3, -0.25) is 0 Å². The van der Waals surface area contributed by atoms with Gasteiger partial charge in [0.15, 0.2) is 5.69 Å². The minimum atomic E-state index is -0.455. The summed E-state index contributed by atoms with van der Waals surface area (Å²) < 4.78 is 27.8. The van der Waals surface area contributed by atoms with Gasteiger partial charge in [0.2, 0.25) is 5.88 Å². The number of halogens is 1. The molecule has 0 fully saturated rings. The number of nitrogens with zero attached hydrogens (tertiary/aromatic N) is 4. The van der Waals surface area contributed by atoms with E-state index >= 15 is 0 Å². The number of pyridine rings is 1. The molecule has 0 spiro atoms. The van der Waals surface area contributed by atoms with Crippen molar-refractivity contribution in [2.24, 2.45) is 0 Å². The Morgan fingerprint density at radius 3 is 2.77 bits per heavy atom. The van der Waals surface area contributed by atoms with Gasteiger partial charge in [-0.1, -0.05) is 36.4 Å². The van der Waals surface area contributed by atoms with E-state index in [9.17, 15) is 4.39 Å². The topological polar surface area (TPSA) is 53.5 Å². The minimum absolute atomic E-state index is 0.0377. The summed E-state index contributed by atoms with van der Waals surface area (Å²) >= 11 is 0. The molecule has 1 aliphatic rings. The number of ether oxygens (including phenoxy) is 2. The van der Waals surface area contributed by atoms with E-state index in [1.54, 1.807) is 25.3 Å². The van der Waals surface area contributed by atoms with Crippen molar-refractivity contribution in [3.63, 3.8) is 0 Å². The average molecular weight is 533 g/mol. The van der Waals surface area contributed by atoms with E-state index in [0.29, 0.717) is 18.1 Å². The van der Waals surface area contributed by atoms with Crippen LogP contribution < -0.4 is 4.74 Å². The number of aryl methyl sites for hydroxylation is 2. The Bertz CT molecular complexity index is 1750. The van der Waals surface area contributed by atoms with Crippen molar-refractivity contribution in [3.05, 3.63) is 118 Å². The Labute approximate surface area is 232 Å². The lowest BCUT2D eigenvalue weighted by molar-refractivity contribution is 0.187. The summed E-state index contributed by atoms with van der Waals surface area (Å²) in [5.41, 5.74) is 8.47. The predicted octanol–water partition coefficient (Wildman–Crippen LogP) is 7.40. The SMILES string of the molecule is [C-]#[N+]c1ccc(COc2cccc(-c3ccc4c(c3)CC[C@H]4c3nc4ccc(C)cc4n3CCOC)n2)c(F)c1. The van der Waals surface area contributed by atoms with Crippen molar-refractivity contribution in [3.8, 4) is 17.1 Å². The lowest BCUT2D eigenvalue weighted by Crippen LogP contribution is -2.12. The van der Waals surface area contributed by atoms with Crippen LogP contribution in [0.4, 0.5) is 10.1 Å². The first-order valence-electron chi connectivity index (χ1n) is 13.4. The molecule has 0 unspecified atom stereocenters. The van der Waals surface area contributed by atoms with E-state index in [1.165, 1.54) is 22.8 Å². The molecular weight excluding hydrogens is 503 g/mol. The summed E-state index contributed by atoms with van der Waals surface area (Å²) in [5.74, 6) is 1.28. The summed E-state index contributed by atoms with van der Waals surface area (Å²) in [6.45, 7) is 10.6. The quantitative estimate of drug-likeness (QED) is 0.195. The number of hydrogen-bond donors (Lipinski definition) is 0. The Morgan fingerprint density at radius 2 is 1.95 bits per heavy atom. The predicted molar refractivity (Wildman–Crippen MR) is 153 cm³/mol. The second kappa shape index (κ2) is 10.9. The van der Waals surface area contributed by atoms with Crippen LogP contribution in [-0.4, -0.2) is 28.3 Å². The summed E-state index contributed by atoms with van der Waals surface area (Å²) in [5, 5.41) is 0. The fraction of sp³-hybridized carbons (Fsp3) is 0.242. The Hall–Kier alpha value is -4.54. The van der Waals surface area contributed by atoms with Crippen LogP contribution in [0.2, 0.25) is 0 Å². The van der Waals surface area contributed by atoms with E-state index in [4.69, 9.17) is 21.0 Å². The summed E-state index contributed by atoms with van der Waals surface area (Å²) in [7, 11) is 1.73. The molecular formula is C33H29FN4O2. The van der Waals surface area contributed by atoms with E-state index in [2.05, 4.69) is 57.7 Å². The highest BCUT2D eigenvalue weighted by atomic mass is 19.1. The average Bonchev–Trinajstić information content (AvgIpc) is 3.55. The van der Waals surface area contributed by atoms with Gasteiger partial charge < -0.3 is 14.0 Å². The van der Waals surface area contributed by atoms with Gasteiger partial charge in [0, 0.05) is 36.8 Å². The minimum Gasteiger partial charge on any atom is -0.473 e. The fourth-order valence-electron chi connectivity index (χ4n) is 5.51. The largest absolute Gasteiger partial charge is 0.473 e. The van der Waals surface area contributed by atoms with Gasteiger partial charge >= 0.3 is 0 Å². The zero-order valence-electron chi connectivity index (χ0n) is 22.5. The van der Waals surface area contributed by atoms with Gasteiger partial charge in [-0.15, -0.1) is 0 Å². The highest BCUT2D eigenvalue weighted by Gasteiger charge is 2.29. The Kier molecular flexibility index (Phi) is 7.02. The zero-order valence-corrected chi connectivity index (χ0v) is 22.5. The van der Waals surface area contributed by atoms with Crippen molar-refractivity contribution < 1.29 is 13.9 Å². The van der Waals surface area contributed by atoms with Crippen molar-refractivity contribution in [2.45, 2.75) is 38.8 Å². The lowest BCUT2D eigenvalue weighted by Gasteiger charge is -2.15. The molecule has 0 bridgehead atoms. The molecule has 0 amide bonds. The molecule has 40 heavy (non-hydrogen) atoms. The van der Waals surface area contributed by atoms with Gasteiger partial charge in [0.05, 0.1) is 29.9 Å². The highest BCUT2D eigenvalue weighted by molar-refractivity contribution is 5.77. The third-order valence-electron chi connectivity index (χ3n) is 7.55. The van der Waals surface area contributed by atoms with Crippen LogP contribution in [0.3, 0.4) is 0 Å². The standard InChI is InChI=1S/C33H29FN4O2/c1-21-7-14-30-31(17-21)38(15-16-39-3)33(37-30)27-13-9-22-18-23(10-12-26(22)27)29-5-4-6-32(36-29)40-20-24-8-11-25(35-2)19-28(24)34/h4-8,10-12,14,17-19,27H,9,13,15-16,20H2,1,3H3/t27-/m1/s1. The van der Waals surface area contributed by atoms with Crippen molar-refractivity contribution >= 4 is 16.7 Å². The number of benzene rings is 3. The van der Waals surface area contributed by atoms with Crippen LogP contribution in [0, 0.1) is 19.3 Å². The van der Waals surface area contributed by atoms with Crippen LogP contribution in [0.5, 0.6) is 5.88 Å². The zero-order chi connectivity index (χ0) is 27.6. The summed E-state index contributed by atoms with van der Waals surface area (Å²) in [6, 6.07) is 23.0. The first-order valence-corrected chi connectivity index (χ1v) is 13.4. The molecule has 200 valence electrons. The third kappa shape index (κ3) is 4.94. The smallest absolute Gasteiger partial charge is 0.214 e. The van der Waals surface area contributed by atoms with Gasteiger partial charge in [-0.05, 0) is 66.8 Å². The molecule has 2 heterocycles. The van der Waals surface area contributed by atoms with E-state index in [1.807, 2.05) is 12.1 Å². The second-order valence-corrected chi connectivity index (χ2v) is 10.1. The van der Waals surface area contributed by atoms with Crippen molar-refractivity contribution in [1.82, 2.24) is 14.5 Å². The van der Waals surface area contributed by atoms with Crippen LogP contribution >= 0.6 is 0 Å². The number of methoxy groups -OCH3 is 1. The van der Waals surface area contributed by atoms with Crippen molar-refractivity contribution in [2.75, 3.05) is 13.7 Å². The summed E-state index contributed by atoms with van der Waals surface area (Å²) in [6.07, 6.45) is 1.97. The number of aromatic nitrogens is 3. The molecule has 2 aromatic heterocycles. The molecule has 0 saturated heterocycles. The molecule has 1 atom stereocenters. The highest BCUT2D eigenvalue weighted by Crippen LogP contribution is 2.40. The Morgan fingerprint density at radius 1 is 1.05 bits per heavy atom. The second-order valence-electron chi connectivity index (χ2n) is 10.1. The lowest BCUT2D eigenvalue weighted by atomic mass is 9.98. The van der Waals surface area contributed by atoms with Gasteiger partial charge in [0.1, 0.15) is 18.2 Å². The summed E-state index contributed by atoms with van der Waals surface area (Å²) in [4.78, 5) is 13.0. The van der Waals surface area contributed by atoms with Crippen LogP contribution in [0.1, 0.15) is 40.4 Å². The molecule has 6 nitrogen and oxygen atoms in total. The molecule has 0 N–H and O–H groups in total. The first kappa shape index (κ1) is 25.7. The van der Waals surface area contributed by atoms with Gasteiger partial charge in [-0.25, -0.2) is 19.2 Å². The van der Waals surface area contributed by atoms with Crippen LogP contribution in [-0.2, 0) is 24.3 Å². The molecule has 6 rings (SSSR count). The van der Waals surface area contributed by atoms with E-state index in [0.717, 1.165) is 47.5 Å². The molecule has 3 aromatic carbocycles. The maximum absolute atomic E-state index is 14.3. The number of hydrogen-bond acceptors (Lipinski definition) is 4. The van der Waals surface area contributed by atoms with E-state index in [-0.39, 0.29) is 18.2 Å². The normalized spacial score (nSPS) is 14.3. The monoisotopic (exact) mass is 532 g/mol. The third-order valence-corrected chi connectivity index (χ3v) is 7.55. The van der Waals surface area contributed by atoms with E-state index < -0.39 is 5.82 Å². The number of fused-ring (bicyclic) bond motifs is 2. The molecule has 7 heteroatoms. The van der Waals surface area contributed by atoms with Gasteiger partial charge in [0.25, 0.3) is 0 Å². The molecule has 0 aliphatic heterocycles.